The van der Waals surface area contributed by atoms with E-state index in [0.717, 1.165) is 44.2 Å². The SMILES string of the molecule is CC[C@H](C)[C@@H]([C@@H](CC(=O)N1CCC[C@H]1[C@H](OC)[C@@H](C)C(=O)N(C)CCC1=CC(NC(=O)[C@H](C)NC(=O)[C@H](C)N)=CCC1C)OC)N(C)C(=O)[C@@H](NC(=O)[C@@H]1CCCN1C)C(C)C. The van der Waals surface area contributed by atoms with E-state index < -0.39 is 48.2 Å². The van der Waals surface area contributed by atoms with Gasteiger partial charge in [0.2, 0.25) is 35.4 Å². The molecule has 2 saturated heterocycles. The fraction of sp³-hybridized carbons (Fsp3) is 0.783. The highest BCUT2D eigenvalue weighted by Gasteiger charge is 2.43. The van der Waals surface area contributed by atoms with Gasteiger partial charge >= 0.3 is 0 Å². The van der Waals surface area contributed by atoms with Gasteiger partial charge in [-0.15, -0.1) is 0 Å². The quantitative estimate of drug-likeness (QED) is 0.126. The predicted molar refractivity (Wildman–Crippen MR) is 240 cm³/mol. The predicted octanol–water partition coefficient (Wildman–Crippen LogP) is 2.81. The zero-order chi connectivity index (χ0) is 46.6. The van der Waals surface area contributed by atoms with Crippen LogP contribution in [-0.2, 0) is 38.2 Å². The van der Waals surface area contributed by atoms with E-state index in [0.29, 0.717) is 31.6 Å². The first-order chi connectivity index (χ1) is 29.2. The van der Waals surface area contributed by atoms with Gasteiger partial charge in [-0.25, -0.2) is 0 Å². The minimum absolute atomic E-state index is 0.0161. The Bertz CT molecular complexity index is 1620. The normalized spacial score (nSPS) is 23.2. The molecule has 16 nitrogen and oxygen atoms in total. The van der Waals surface area contributed by atoms with Crippen molar-refractivity contribution in [3.63, 3.8) is 0 Å². The molecule has 62 heavy (non-hydrogen) atoms. The Balaban J connectivity index is 1.68. The van der Waals surface area contributed by atoms with Gasteiger partial charge < -0.3 is 45.9 Å². The lowest BCUT2D eigenvalue weighted by Crippen LogP contribution is -2.59. The first-order valence-electron chi connectivity index (χ1n) is 22.8. The van der Waals surface area contributed by atoms with Gasteiger partial charge in [0.15, 0.2) is 0 Å². The summed E-state index contributed by atoms with van der Waals surface area (Å²) < 4.78 is 12.1. The first-order valence-corrected chi connectivity index (χ1v) is 22.8. The smallest absolute Gasteiger partial charge is 0.246 e. The maximum absolute atomic E-state index is 14.3. The second-order valence-electron chi connectivity index (χ2n) is 18.5. The summed E-state index contributed by atoms with van der Waals surface area (Å²) in [5, 5.41) is 8.56. The molecule has 3 rings (SSSR count). The molecular weight excluding hydrogens is 793 g/mol. The number of nitrogens with two attached hydrogens (primary N) is 1. The zero-order valence-corrected chi connectivity index (χ0v) is 40.0. The van der Waals surface area contributed by atoms with E-state index in [1.165, 1.54) is 0 Å². The summed E-state index contributed by atoms with van der Waals surface area (Å²) in [6, 6.07) is -3.25. The number of methoxy groups -OCH3 is 2. The molecule has 2 heterocycles. The molecule has 1 aliphatic carbocycles. The van der Waals surface area contributed by atoms with Crippen molar-refractivity contribution in [3.05, 3.63) is 23.4 Å². The number of likely N-dealkylation sites (N-methyl/N-ethyl adjacent to an activating group) is 2. The lowest BCUT2D eigenvalue weighted by atomic mass is 9.89. The Labute approximate surface area is 371 Å². The average Bonchev–Trinajstić information content (AvgIpc) is 3.91. The molecule has 352 valence electrons. The molecule has 0 saturated carbocycles. The largest absolute Gasteiger partial charge is 0.379 e. The van der Waals surface area contributed by atoms with Crippen LogP contribution in [0.25, 0.3) is 0 Å². The Hall–Kier alpha value is -3.86. The highest BCUT2D eigenvalue weighted by atomic mass is 16.5. The summed E-state index contributed by atoms with van der Waals surface area (Å²) in [6.07, 6.45) is 7.96. The molecule has 1 unspecified atom stereocenters. The van der Waals surface area contributed by atoms with Gasteiger partial charge in [0.05, 0.1) is 48.7 Å². The molecule has 0 aromatic carbocycles. The van der Waals surface area contributed by atoms with Crippen LogP contribution in [0.3, 0.4) is 0 Å². The van der Waals surface area contributed by atoms with Crippen LogP contribution in [0.5, 0.6) is 0 Å². The minimum atomic E-state index is -0.760. The molecule has 16 heteroatoms. The van der Waals surface area contributed by atoms with Gasteiger partial charge in [0.1, 0.15) is 12.1 Å². The first kappa shape index (κ1) is 52.5. The molecule has 0 radical (unpaired) electrons. The third-order valence-electron chi connectivity index (χ3n) is 13.5. The van der Waals surface area contributed by atoms with Crippen molar-refractivity contribution in [1.29, 1.82) is 0 Å². The molecule has 2 fully saturated rings. The number of likely N-dealkylation sites (tertiary alicyclic amines) is 2. The van der Waals surface area contributed by atoms with E-state index in [1.54, 1.807) is 52.0 Å². The molecule has 2 aliphatic heterocycles. The number of carbonyl (C=O) groups is 6. The van der Waals surface area contributed by atoms with Crippen molar-refractivity contribution in [2.75, 3.05) is 55.0 Å². The second-order valence-corrected chi connectivity index (χ2v) is 18.5. The number of carbonyl (C=O) groups excluding carboxylic acids is 6. The van der Waals surface area contributed by atoms with Crippen LogP contribution >= 0.6 is 0 Å². The summed E-state index contributed by atoms with van der Waals surface area (Å²) in [6.45, 7) is 16.9. The van der Waals surface area contributed by atoms with Crippen LogP contribution < -0.4 is 21.7 Å². The van der Waals surface area contributed by atoms with E-state index in [-0.39, 0.29) is 65.8 Å². The number of nitrogens with zero attached hydrogens (tertiary/aromatic N) is 4. The highest BCUT2D eigenvalue weighted by molar-refractivity contribution is 5.91. The molecule has 6 amide bonds. The van der Waals surface area contributed by atoms with Crippen molar-refractivity contribution in [1.82, 2.24) is 35.6 Å². The van der Waals surface area contributed by atoms with Gasteiger partial charge in [0.25, 0.3) is 0 Å². The summed E-state index contributed by atoms with van der Waals surface area (Å²) >= 11 is 0. The van der Waals surface area contributed by atoms with Crippen molar-refractivity contribution < 1.29 is 38.2 Å². The van der Waals surface area contributed by atoms with Crippen LogP contribution in [0.1, 0.15) is 107 Å². The molecule has 3 aliphatic rings. The van der Waals surface area contributed by atoms with Crippen molar-refractivity contribution in [3.8, 4) is 0 Å². The monoisotopic (exact) mass is 873 g/mol. The number of hydrogen-bond acceptors (Lipinski definition) is 10. The van der Waals surface area contributed by atoms with E-state index in [2.05, 4.69) is 29.8 Å². The molecular formula is C46H80N8O8. The lowest BCUT2D eigenvalue weighted by molar-refractivity contribution is -0.149. The number of hydrogen-bond donors (Lipinski definition) is 4. The standard InChI is InChI=1S/C46H80N8O8/c1-14-28(4)40(53(11)46(60)39(27(2)3)50-44(58)36-18-15-22-51(36)9)37(61-12)26-38(55)54-23-16-17-35(54)41(62-13)30(6)45(59)52(10)24-21-33-25-34(20-19-29(33)5)49-43(57)32(8)48-42(56)31(7)47/h20,25,27-32,35-37,39-41H,14-19,21-24,26,47H2,1-13H3,(H,48,56)(H,49,57)(H,50,58)/t28-,29?,30+,31-,32-,35-,36-,37+,39-,40-,41+/m0/s1. The van der Waals surface area contributed by atoms with E-state index in [4.69, 9.17) is 15.2 Å². The molecule has 11 atom stereocenters. The molecule has 5 N–H and O–H groups in total. The van der Waals surface area contributed by atoms with Crippen LogP contribution in [0.4, 0.5) is 0 Å². The third kappa shape index (κ3) is 13.6. The number of allylic oxidation sites excluding steroid dienone is 2. The Morgan fingerprint density at radius 2 is 1.58 bits per heavy atom. The molecule has 0 bridgehead atoms. The Morgan fingerprint density at radius 3 is 2.15 bits per heavy atom. The molecule has 0 spiro atoms. The van der Waals surface area contributed by atoms with Crippen LogP contribution in [0, 0.1) is 23.7 Å². The maximum atomic E-state index is 14.3. The van der Waals surface area contributed by atoms with E-state index in [1.807, 2.05) is 56.7 Å². The summed E-state index contributed by atoms with van der Waals surface area (Å²) in [5.41, 5.74) is 7.37. The average molecular weight is 873 g/mol. The number of nitrogens with one attached hydrogen (secondary N) is 3. The summed E-state index contributed by atoms with van der Waals surface area (Å²) in [7, 11) is 8.61. The molecule has 0 aromatic rings. The highest BCUT2D eigenvalue weighted by Crippen LogP contribution is 2.31. The zero-order valence-electron chi connectivity index (χ0n) is 40.0. The van der Waals surface area contributed by atoms with Crippen LogP contribution in [-0.4, -0.2) is 158 Å². The van der Waals surface area contributed by atoms with Crippen molar-refractivity contribution in [2.24, 2.45) is 29.4 Å². The number of ether oxygens (including phenoxy) is 2. The maximum Gasteiger partial charge on any atom is 0.246 e. The second kappa shape index (κ2) is 24.3. The fourth-order valence-corrected chi connectivity index (χ4v) is 9.20. The Morgan fingerprint density at radius 1 is 0.919 bits per heavy atom. The topological polar surface area (TPSA) is 196 Å². The van der Waals surface area contributed by atoms with Gasteiger partial charge in [0, 0.05) is 47.1 Å². The van der Waals surface area contributed by atoms with Gasteiger partial charge in [-0.1, -0.05) is 59.6 Å². The third-order valence-corrected chi connectivity index (χ3v) is 13.5. The van der Waals surface area contributed by atoms with E-state index >= 15 is 0 Å². The van der Waals surface area contributed by atoms with Crippen LogP contribution in [0.15, 0.2) is 23.4 Å². The fourth-order valence-electron chi connectivity index (χ4n) is 9.20. The summed E-state index contributed by atoms with van der Waals surface area (Å²) in [5.74, 6) is -1.83. The number of rotatable bonds is 22. The van der Waals surface area contributed by atoms with Gasteiger partial charge in [-0.2, -0.15) is 0 Å². The summed E-state index contributed by atoms with van der Waals surface area (Å²) in [4.78, 5) is 87.9. The molecule has 0 aromatic heterocycles. The van der Waals surface area contributed by atoms with Crippen LogP contribution in [0.2, 0.25) is 0 Å². The minimum Gasteiger partial charge on any atom is -0.379 e. The van der Waals surface area contributed by atoms with Gasteiger partial charge in [-0.3, -0.25) is 33.7 Å². The van der Waals surface area contributed by atoms with Gasteiger partial charge in [-0.05, 0) is 89.8 Å². The number of amides is 6. The van der Waals surface area contributed by atoms with E-state index in [9.17, 15) is 28.8 Å². The van der Waals surface area contributed by atoms with Crippen molar-refractivity contribution in [2.45, 2.75) is 155 Å². The Kier molecular flexibility index (Phi) is 20.5. The van der Waals surface area contributed by atoms with Crippen molar-refractivity contribution >= 4 is 35.4 Å². The lowest BCUT2D eigenvalue weighted by Gasteiger charge is -2.41.